The largest absolute Gasteiger partial charge is 0.460 e. The van der Waals surface area contributed by atoms with Crippen molar-refractivity contribution in [2.75, 3.05) is 38.7 Å². The number of hydrogen-bond acceptors (Lipinski definition) is 5. The van der Waals surface area contributed by atoms with Crippen molar-refractivity contribution in [1.82, 2.24) is 4.90 Å². The van der Waals surface area contributed by atoms with Gasteiger partial charge in [-0.1, -0.05) is 51.5 Å². The van der Waals surface area contributed by atoms with Gasteiger partial charge in [0, 0.05) is 55.1 Å². The Labute approximate surface area is 239 Å². The number of nitrogens with zero attached hydrogens (tertiary/aromatic N) is 1. The standard InChI is InChI=1S/C30H34FN3O2.2C2H6/c31-14-19-16-34(17-19)18-23-12-21-4-5-22(13-29(21)36-23)30-24(20-8-10-35-11-9-20)2-1-3-25-26(30)6-7-28(33)27(25)15-32;2*1-2/h4-7,12-13,15,19-20,32H,1-3,8-11,14,16-18,33H2;2*1-2H3. The van der Waals surface area contributed by atoms with Crippen LogP contribution >= 0.6 is 0 Å². The lowest BCUT2D eigenvalue weighted by Gasteiger charge is -2.36. The smallest absolute Gasteiger partial charge is 0.134 e. The molecule has 216 valence electrons. The molecule has 1 aromatic heterocycles. The molecule has 3 N–H and O–H groups in total. The fourth-order valence-electron chi connectivity index (χ4n) is 6.35. The second-order valence-electron chi connectivity index (χ2n) is 10.6. The maximum atomic E-state index is 12.8. The van der Waals surface area contributed by atoms with Crippen LogP contribution in [-0.2, 0) is 17.7 Å². The number of nitrogen functional groups attached to an aromatic ring is 1. The van der Waals surface area contributed by atoms with Gasteiger partial charge in [0.2, 0.25) is 0 Å². The number of alkyl halides is 1. The minimum atomic E-state index is -0.239. The lowest BCUT2D eigenvalue weighted by molar-refractivity contribution is 0.0677. The number of likely N-dealkylation sites (tertiary alicyclic amines) is 1. The summed E-state index contributed by atoms with van der Waals surface area (Å²) in [6, 6.07) is 12.8. The molecule has 2 fully saturated rings. The zero-order chi connectivity index (χ0) is 28.6. The highest BCUT2D eigenvalue weighted by molar-refractivity contribution is 5.95. The Balaban J connectivity index is 0.000000886. The van der Waals surface area contributed by atoms with Crippen LogP contribution < -0.4 is 5.73 Å². The summed E-state index contributed by atoms with van der Waals surface area (Å²) in [5, 5.41) is 9.14. The molecular formula is C34H46FN3O2. The van der Waals surface area contributed by atoms with Crippen LogP contribution in [0.5, 0.6) is 0 Å². The summed E-state index contributed by atoms with van der Waals surface area (Å²) in [4.78, 5) is 2.24. The van der Waals surface area contributed by atoms with Gasteiger partial charge in [-0.15, -0.1) is 0 Å². The molecule has 0 amide bonds. The Hall–Kier alpha value is -2.96. The van der Waals surface area contributed by atoms with E-state index in [2.05, 4.69) is 35.2 Å². The summed E-state index contributed by atoms with van der Waals surface area (Å²) in [6.45, 7) is 11.7. The number of nitrogens with one attached hydrogen (secondary N) is 1. The second-order valence-corrected chi connectivity index (χ2v) is 10.6. The van der Waals surface area contributed by atoms with E-state index < -0.39 is 0 Å². The molecule has 3 aromatic rings. The van der Waals surface area contributed by atoms with Crippen molar-refractivity contribution in [3.05, 3.63) is 70.0 Å². The molecule has 1 aliphatic carbocycles. The summed E-state index contributed by atoms with van der Waals surface area (Å²) in [7, 11) is 0. The number of nitrogens with two attached hydrogens (primary N) is 1. The molecule has 2 aliphatic heterocycles. The maximum Gasteiger partial charge on any atom is 0.134 e. The van der Waals surface area contributed by atoms with Crippen molar-refractivity contribution in [3.8, 4) is 0 Å². The molecule has 5 nitrogen and oxygen atoms in total. The van der Waals surface area contributed by atoms with E-state index in [1.54, 1.807) is 0 Å². The molecule has 0 radical (unpaired) electrons. The quantitative estimate of drug-likeness (QED) is 0.242. The highest BCUT2D eigenvalue weighted by Crippen LogP contribution is 2.43. The van der Waals surface area contributed by atoms with Crippen LogP contribution in [0, 0.1) is 17.2 Å². The zero-order valence-electron chi connectivity index (χ0n) is 24.7. The zero-order valence-corrected chi connectivity index (χ0v) is 24.7. The molecule has 6 rings (SSSR count). The van der Waals surface area contributed by atoms with E-state index in [1.807, 2.05) is 33.8 Å². The van der Waals surface area contributed by atoms with Gasteiger partial charge < -0.3 is 20.3 Å². The summed E-state index contributed by atoms with van der Waals surface area (Å²) in [6.07, 6.45) is 6.52. The van der Waals surface area contributed by atoms with E-state index >= 15 is 0 Å². The minimum Gasteiger partial charge on any atom is -0.460 e. The fraction of sp³-hybridized carbons (Fsp3) is 0.500. The van der Waals surface area contributed by atoms with Gasteiger partial charge in [0.15, 0.2) is 0 Å². The van der Waals surface area contributed by atoms with E-state index in [0.717, 1.165) is 92.8 Å². The van der Waals surface area contributed by atoms with Gasteiger partial charge in [-0.05, 0) is 78.5 Å². The third-order valence-electron chi connectivity index (χ3n) is 8.20. The van der Waals surface area contributed by atoms with Crippen molar-refractivity contribution in [3.63, 3.8) is 0 Å². The first-order chi connectivity index (χ1) is 19.6. The van der Waals surface area contributed by atoms with E-state index in [4.69, 9.17) is 20.3 Å². The normalized spacial score (nSPS) is 18.1. The van der Waals surface area contributed by atoms with Gasteiger partial charge in [-0.25, -0.2) is 0 Å². The molecule has 3 heterocycles. The summed E-state index contributed by atoms with van der Waals surface area (Å²) in [5.41, 5.74) is 15.0. The number of ether oxygens (including phenoxy) is 1. The third-order valence-corrected chi connectivity index (χ3v) is 8.20. The van der Waals surface area contributed by atoms with Crippen molar-refractivity contribution in [2.45, 2.75) is 66.3 Å². The predicted molar refractivity (Wildman–Crippen MR) is 165 cm³/mol. The Morgan fingerprint density at radius 1 is 1.02 bits per heavy atom. The molecule has 2 aromatic carbocycles. The third kappa shape index (κ3) is 6.18. The van der Waals surface area contributed by atoms with Crippen LogP contribution in [0.15, 0.2) is 46.4 Å². The molecule has 40 heavy (non-hydrogen) atoms. The van der Waals surface area contributed by atoms with Crippen LogP contribution in [0.2, 0.25) is 0 Å². The second kappa shape index (κ2) is 14.1. The molecule has 3 aliphatic rings. The summed E-state index contributed by atoms with van der Waals surface area (Å²) < 4.78 is 24.8. The number of hydrogen-bond donors (Lipinski definition) is 2. The Kier molecular flexibility index (Phi) is 10.6. The molecule has 2 saturated heterocycles. The summed E-state index contributed by atoms with van der Waals surface area (Å²) in [5.74, 6) is 1.60. The molecule has 0 atom stereocenters. The monoisotopic (exact) mass is 547 g/mol. The van der Waals surface area contributed by atoms with Crippen LogP contribution in [0.25, 0.3) is 16.5 Å². The van der Waals surface area contributed by atoms with Crippen molar-refractivity contribution in [1.29, 1.82) is 5.41 Å². The van der Waals surface area contributed by atoms with Crippen LogP contribution in [0.4, 0.5) is 10.1 Å². The van der Waals surface area contributed by atoms with Gasteiger partial charge in [0.25, 0.3) is 0 Å². The number of anilines is 1. The Bertz CT molecular complexity index is 1320. The van der Waals surface area contributed by atoms with Crippen LogP contribution in [0.3, 0.4) is 0 Å². The van der Waals surface area contributed by atoms with Crippen molar-refractivity contribution >= 4 is 28.4 Å². The van der Waals surface area contributed by atoms with Gasteiger partial charge in [0.05, 0.1) is 13.2 Å². The number of rotatable bonds is 6. The van der Waals surface area contributed by atoms with Crippen molar-refractivity contribution < 1.29 is 13.5 Å². The number of furan rings is 1. The number of allylic oxidation sites excluding steroid dienone is 1. The topological polar surface area (TPSA) is 75.5 Å². The van der Waals surface area contributed by atoms with Crippen molar-refractivity contribution in [2.24, 2.45) is 11.8 Å². The SMILES string of the molecule is CC.CC.N=Cc1c(N)ccc2c1CCCC(C1CCOCC1)=C2c1ccc2cc(CN3CC(CF)C3)oc2c1. The lowest BCUT2D eigenvalue weighted by Crippen LogP contribution is -2.46. The van der Waals surface area contributed by atoms with E-state index in [-0.39, 0.29) is 12.6 Å². The number of halogens is 1. The Morgan fingerprint density at radius 3 is 2.48 bits per heavy atom. The number of benzene rings is 2. The minimum absolute atomic E-state index is 0.173. The van der Waals surface area contributed by atoms with E-state index in [0.29, 0.717) is 11.6 Å². The lowest BCUT2D eigenvalue weighted by atomic mass is 9.81. The highest BCUT2D eigenvalue weighted by atomic mass is 19.1. The van der Waals surface area contributed by atoms with E-state index in [9.17, 15) is 4.39 Å². The van der Waals surface area contributed by atoms with E-state index in [1.165, 1.54) is 28.5 Å². The molecule has 0 bridgehead atoms. The Morgan fingerprint density at radius 2 is 1.77 bits per heavy atom. The molecule has 6 heteroatoms. The maximum absolute atomic E-state index is 12.8. The molecule has 0 unspecified atom stereocenters. The predicted octanol–water partition coefficient (Wildman–Crippen LogP) is 8.03. The van der Waals surface area contributed by atoms with Gasteiger partial charge >= 0.3 is 0 Å². The van der Waals surface area contributed by atoms with Crippen LogP contribution in [-0.4, -0.2) is 44.1 Å². The molecular weight excluding hydrogens is 501 g/mol. The van der Waals surface area contributed by atoms with Gasteiger partial charge in [-0.2, -0.15) is 0 Å². The average Bonchev–Trinajstić information content (AvgIpc) is 3.29. The first-order valence-corrected chi connectivity index (χ1v) is 15.2. The summed E-state index contributed by atoms with van der Waals surface area (Å²) >= 11 is 0. The molecule has 0 saturated carbocycles. The number of fused-ring (bicyclic) bond motifs is 2. The fourth-order valence-corrected chi connectivity index (χ4v) is 6.35. The molecule has 0 spiro atoms. The van der Waals surface area contributed by atoms with Gasteiger partial charge in [0.1, 0.15) is 11.3 Å². The first kappa shape index (κ1) is 30.0. The van der Waals surface area contributed by atoms with Crippen LogP contribution in [0.1, 0.15) is 81.4 Å². The average molecular weight is 548 g/mol. The first-order valence-electron chi connectivity index (χ1n) is 15.2. The highest BCUT2D eigenvalue weighted by Gasteiger charge is 2.29. The van der Waals surface area contributed by atoms with Gasteiger partial charge in [-0.3, -0.25) is 9.29 Å².